The molecule has 0 amide bonds. The van der Waals surface area contributed by atoms with Gasteiger partial charge in [0.15, 0.2) is 5.82 Å². The van der Waals surface area contributed by atoms with E-state index < -0.39 is 5.82 Å². The summed E-state index contributed by atoms with van der Waals surface area (Å²) in [5.74, 6) is 0.154. The van der Waals surface area contributed by atoms with Crippen molar-refractivity contribution in [3.63, 3.8) is 0 Å². The maximum Gasteiger partial charge on any atom is 0.319 e. The van der Waals surface area contributed by atoms with E-state index in [1.165, 1.54) is 0 Å². The van der Waals surface area contributed by atoms with Gasteiger partial charge in [0.05, 0.1) is 5.39 Å². The summed E-state index contributed by atoms with van der Waals surface area (Å²) in [6.45, 7) is 4.82. The first-order chi connectivity index (χ1) is 18.0. The number of rotatable bonds is 5. The van der Waals surface area contributed by atoms with Crippen LogP contribution in [0.4, 0.5) is 10.2 Å². The topological polar surface area (TPSA) is 77.9 Å². The van der Waals surface area contributed by atoms with Gasteiger partial charge in [-0.3, -0.25) is 4.98 Å². The van der Waals surface area contributed by atoms with E-state index in [4.69, 9.17) is 9.72 Å². The number of aromatic nitrogens is 3. The van der Waals surface area contributed by atoms with E-state index in [0.717, 1.165) is 56.3 Å². The van der Waals surface area contributed by atoms with Crippen LogP contribution in [-0.2, 0) is 0 Å². The van der Waals surface area contributed by atoms with Gasteiger partial charge in [-0.15, -0.1) is 0 Å². The summed E-state index contributed by atoms with van der Waals surface area (Å²) < 4.78 is 22.4. The number of pyridine rings is 1. The largest absolute Gasteiger partial charge is 0.508 e. The number of piperazine rings is 1. The number of fused-ring (bicyclic) bond motifs is 2. The van der Waals surface area contributed by atoms with Crippen molar-refractivity contribution in [2.75, 3.05) is 58.3 Å². The number of likely N-dealkylation sites (N-methyl/N-ethyl adjacent to an activating group) is 2. The summed E-state index contributed by atoms with van der Waals surface area (Å²) in [6.07, 6.45) is 3.84. The summed E-state index contributed by atoms with van der Waals surface area (Å²) in [4.78, 5) is 20.5. The Morgan fingerprint density at radius 2 is 1.84 bits per heavy atom. The molecule has 1 atom stereocenters. The molecular weight excluding hydrogens is 471 g/mol. The van der Waals surface area contributed by atoms with Crippen molar-refractivity contribution in [2.45, 2.75) is 18.9 Å². The molecule has 2 aromatic heterocycles. The van der Waals surface area contributed by atoms with Gasteiger partial charge in [0.1, 0.15) is 29.4 Å². The molecule has 2 aromatic carbocycles. The highest BCUT2D eigenvalue weighted by atomic mass is 19.1. The minimum Gasteiger partial charge on any atom is -0.508 e. The molecular formula is C28H31FN6O2. The van der Waals surface area contributed by atoms with Crippen molar-refractivity contribution in [2.24, 2.45) is 0 Å². The number of hydrogen-bond donors (Lipinski definition) is 1. The van der Waals surface area contributed by atoms with E-state index in [1.807, 2.05) is 24.3 Å². The molecule has 0 spiro atoms. The number of likely N-dealkylation sites (tertiary alicyclic amines) is 1. The molecule has 2 fully saturated rings. The minimum absolute atomic E-state index is 0.0560. The lowest BCUT2D eigenvalue weighted by atomic mass is 10.0. The predicted molar refractivity (Wildman–Crippen MR) is 143 cm³/mol. The quantitative estimate of drug-likeness (QED) is 0.440. The lowest BCUT2D eigenvalue weighted by molar-refractivity contribution is 0.188. The Kier molecular flexibility index (Phi) is 6.26. The van der Waals surface area contributed by atoms with Crippen molar-refractivity contribution in [3.05, 3.63) is 48.4 Å². The van der Waals surface area contributed by atoms with Crippen LogP contribution < -0.4 is 9.64 Å². The number of aromatic hydroxyl groups is 1. The SMILES string of the molecule is CN1CCN(c2nc(OC[C@@H]3CCCN3C)nc3c(F)c(-c4cc(O)cc5ccccc45)ncc23)CC1. The Labute approximate surface area is 215 Å². The predicted octanol–water partition coefficient (Wildman–Crippen LogP) is 3.91. The van der Waals surface area contributed by atoms with Gasteiger partial charge in [-0.25, -0.2) is 4.39 Å². The summed E-state index contributed by atoms with van der Waals surface area (Å²) in [7, 11) is 4.18. The Balaban J connectivity index is 1.47. The van der Waals surface area contributed by atoms with Crippen LogP contribution in [0.3, 0.4) is 0 Å². The number of phenolic OH excluding ortho intramolecular Hbond substituents is 1. The molecule has 2 aliphatic heterocycles. The van der Waals surface area contributed by atoms with Gasteiger partial charge in [-0.1, -0.05) is 24.3 Å². The van der Waals surface area contributed by atoms with Gasteiger partial charge in [-0.2, -0.15) is 9.97 Å². The van der Waals surface area contributed by atoms with E-state index in [0.29, 0.717) is 29.4 Å². The molecule has 0 unspecified atom stereocenters. The Morgan fingerprint density at radius 1 is 1.03 bits per heavy atom. The average Bonchev–Trinajstić information content (AvgIpc) is 3.32. The van der Waals surface area contributed by atoms with E-state index in [1.54, 1.807) is 18.3 Å². The van der Waals surface area contributed by atoms with E-state index in [-0.39, 0.29) is 23.0 Å². The van der Waals surface area contributed by atoms with Crippen molar-refractivity contribution < 1.29 is 14.2 Å². The molecule has 8 nitrogen and oxygen atoms in total. The molecule has 0 bridgehead atoms. The average molecular weight is 503 g/mol. The molecule has 6 rings (SSSR count). The van der Waals surface area contributed by atoms with Gasteiger partial charge in [-0.05, 0) is 56.4 Å². The monoisotopic (exact) mass is 502 g/mol. The van der Waals surface area contributed by atoms with E-state index in [9.17, 15) is 5.11 Å². The number of nitrogens with zero attached hydrogens (tertiary/aromatic N) is 6. The first-order valence-electron chi connectivity index (χ1n) is 12.8. The van der Waals surface area contributed by atoms with Crippen molar-refractivity contribution in [1.82, 2.24) is 24.8 Å². The van der Waals surface area contributed by atoms with Gasteiger partial charge in [0, 0.05) is 44.0 Å². The van der Waals surface area contributed by atoms with Crippen LogP contribution in [0.2, 0.25) is 0 Å². The van der Waals surface area contributed by atoms with E-state index >= 15 is 4.39 Å². The van der Waals surface area contributed by atoms with Crippen molar-refractivity contribution in [3.8, 4) is 23.0 Å². The molecule has 9 heteroatoms. The van der Waals surface area contributed by atoms with Gasteiger partial charge in [0.2, 0.25) is 0 Å². The summed E-state index contributed by atoms with van der Waals surface area (Å²) in [5.41, 5.74) is 0.838. The van der Waals surface area contributed by atoms with Crippen LogP contribution in [0.15, 0.2) is 42.6 Å². The van der Waals surface area contributed by atoms with Crippen LogP contribution in [0, 0.1) is 5.82 Å². The fraction of sp³-hybridized carbons (Fsp3) is 0.393. The fourth-order valence-corrected chi connectivity index (χ4v) is 5.38. The maximum atomic E-state index is 16.3. The third kappa shape index (κ3) is 4.53. The Bertz CT molecular complexity index is 1460. The first-order valence-corrected chi connectivity index (χ1v) is 12.8. The molecule has 2 aliphatic rings. The van der Waals surface area contributed by atoms with Crippen molar-refractivity contribution >= 4 is 27.5 Å². The van der Waals surface area contributed by atoms with Crippen molar-refractivity contribution in [1.29, 1.82) is 0 Å². The zero-order valence-electron chi connectivity index (χ0n) is 21.2. The summed E-state index contributed by atoms with van der Waals surface area (Å²) >= 11 is 0. The molecule has 0 radical (unpaired) electrons. The Hall–Kier alpha value is -3.56. The maximum absolute atomic E-state index is 16.3. The number of phenols is 1. The zero-order chi connectivity index (χ0) is 25.5. The van der Waals surface area contributed by atoms with Crippen LogP contribution in [0.5, 0.6) is 11.8 Å². The van der Waals surface area contributed by atoms with Crippen LogP contribution in [0.1, 0.15) is 12.8 Å². The van der Waals surface area contributed by atoms with Crippen LogP contribution in [0.25, 0.3) is 32.9 Å². The van der Waals surface area contributed by atoms with Gasteiger partial charge < -0.3 is 24.5 Å². The number of anilines is 1. The first kappa shape index (κ1) is 23.8. The minimum atomic E-state index is -0.547. The highest BCUT2D eigenvalue weighted by Gasteiger charge is 2.26. The normalized spacial score (nSPS) is 19.2. The lowest BCUT2D eigenvalue weighted by Crippen LogP contribution is -2.45. The summed E-state index contributed by atoms with van der Waals surface area (Å²) in [5, 5.41) is 12.5. The zero-order valence-corrected chi connectivity index (χ0v) is 21.2. The lowest BCUT2D eigenvalue weighted by Gasteiger charge is -2.33. The second-order valence-corrected chi connectivity index (χ2v) is 10.1. The van der Waals surface area contributed by atoms with Crippen LogP contribution >= 0.6 is 0 Å². The second kappa shape index (κ2) is 9.72. The summed E-state index contributed by atoms with van der Waals surface area (Å²) in [6, 6.07) is 11.3. The molecule has 4 heterocycles. The van der Waals surface area contributed by atoms with Gasteiger partial charge in [0.25, 0.3) is 0 Å². The highest BCUT2D eigenvalue weighted by molar-refractivity contribution is 5.99. The molecule has 4 aromatic rings. The highest BCUT2D eigenvalue weighted by Crippen LogP contribution is 2.37. The molecule has 2 saturated heterocycles. The molecule has 1 N–H and O–H groups in total. The number of halogens is 1. The molecule has 0 aliphatic carbocycles. The second-order valence-electron chi connectivity index (χ2n) is 10.1. The fourth-order valence-electron chi connectivity index (χ4n) is 5.38. The number of benzene rings is 2. The molecule has 0 saturated carbocycles. The van der Waals surface area contributed by atoms with Gasteiger partial charge >= 0.3 is 6.01 Å². The van der Waals surface area contributed by atoms with E-state index in [2.05, 4.69) is 38.8 Å². The Morgan fingerprint density at radius 3 is 2.62 bits per heavy atom. The third-order valence-electron chi connectivity index (χ3n) is 7.62. The molecule has 37 heavy (non-hydrogen) atoms. The standard InChI is InChI=1S/C28H31FN6O2/c1-33-10-12-35(13-11-33)27-23-16-30-25(22-15-20(36)14-18-6-3-4-8-21(18)22)24(29)26(23)31-28(32-27)37-17-19-7-5-9-34(19)2/h3-4,6,8,14-16,19,36H,5,7,9-13,17H2,1-2H3/t19-/m0/s1. The third-order valence-corrected chi connectivity index (χ3v) is 7.62. The smallest absolute Gasteiger partial charge is 0.319 e. The van der Waals surface area contributed by atoms with Crippen LogP contribution in [-0.4, -0.2) is 89.3 Å². The molecule has 192 valence electrons. The number of hydrogen-bond acceptors (Lipinski definition) is 8. The number of ether oxygens (including phenoxy) is 1.